The molecule has 4 nitrogen and oxygen atoms in total. The summed E-state index contributed by atoms with van der Waals surface area (Å²) in [6, 6.07) is 0. The predicted octanol–water partition coefficient (Wildman–Crippen LogP) is 1.78. The van der Waals surface area contributed by atoms with E-state index in [0.717, 1.165) is 36.8 Å². The van der Waals surface area contributed by atoms with E-state index in [0.29, 0.717) is 5.92 Å². The molecule has 1 N–H and O–H groups in total. The molecule has 0 aromatic carbocycles. The van der Waals surface area contributed by atoms with Crippen molar-refractivity contribution in [2.45, 2.75) is 27.7 Å². The van der Waals surface area contributed by atoms with Gasteiger partial charge < -0.3 is 10.2 Å². The van der Waals surface area contributed by atoms with Gasteiger partial charge in [0.05, 0.1) is 17.6 Å². The summed E-state index contributed by atoms with van der Waals surface area (Å²) >= 11 is 0. The van der Waals surface area contributed by atoms with Crippen LogP contribution in [0.15, 0.2) is 6.20 Å². The standard InChI is InChI=1S/C13H24N4/c1-10(2)8-14-6-7-17(5)13-9-15-11(3)12(4)16-13/h9-10,14H,6-8H2,1-5H3. The lowest BCUT2D eigenvalue weighted by atomic mass is 10.2. The molecule has 0 aliphatic heterocycles. The molecule has 4 heteroatoms. The molecule has 0 amide bonds. The molecule has 17 heavy (non-hydrogen) atoms. The first-order chi connectivity index (χ1) is 8.00. The van der Waals surface area contributed by atoms with Crippen molar-refractivity contribution in [1.82, 2.24) is 15.3 Å². The van der Waals surface area contributed by atoms with Gasteiger partial charge in [-0.2, -0.15) is 0 Å². The summed E-state index contributed by atoms with van der Waals surface area (Å²) in [6.45, 7) is 11.4. The Morgan fingerprint density at radius 1 is 1.29 bits per heavy atom. The highest BCUT2D eigenvalue weighted by atomic mass is 15.2. The first kappa shape index (κ1) is 13.9. The van der Waals surface area contributed by atoms with Gasteiger partial charge in [-0.25, -0.2) is 4.98 Å². The van der Waals surface area contributed by atoms with Crippen molar-refractivity contribution in [3.63, 3.8) is 0 Å². The third kappa shape index (κ3) is 4.69. The summed E-state index contributed by atoms with van der Waals surface area (Å²) < 4.78 is 0. The number of hydrogen-bond acceptors (Lipinski definition) is 4. The van der Waals surface area contributed by atoms with E-state index < -0.39 is 0 Å². The fraction of sp³-hybridized carbons (Fsp3) is 0.692. The molecular weight excluding hydrogens is 212 g/mol. The van der Waals surface area contributed by atoms with Gasteiger partial charge in [0, 0.05) is 20.1 Å². The van der Waals surface area contributed by atoms with Gasteiger partial charge in [0.1, 0.15) is 5.82 Å². The lowest BCUT2D eigenvalue weighted by Gasteiger charge is -2.19. The second-order valence-electron chi connectivity index (χ2n) is 4.92. The topological polar surface area (TPSA) is 41.1 Å². The first-order valence-electron chi connectivity index (χ1n) is 6.22. The number of hydrogen-bond donors (Lipinski definition) is 1. The van der Waals surface area contributed by atoms with E-state index in [4.69, 9.17) is 0 Å². The number of anilines is 1. The largest absolute Gasteiger partial charge is 0.357 e. The van der Waals surface area contributed by atoms with E-state index in [1.807, 2.05) is 20.0 Å². The third-order valence-corrected chi connectivity index (χ3v) is 2.75. The molecule has 1 aromatic rings. The van der Waals surface area contributed by atoms with Crippen LogP contribution in [0.1, 0.15) is 25.2 Å². The molecule has 0 spiro atoms. The van der Waals surface area contributed by atoms with E-state index in [1.54, 1.807) is 0 Å². The van der Waals surface area contributed by atoms with Crippen LogP contribution >= 0.6 is 0 Å². The van der Waals surface area contributed by atoms with Crippen molar-refractivity contribution in [3.05, 3.63) is 17.6 Å². The van der Waals surface area contributed by atoms with Gasteiger partial charge in [0.25, 0.3) is 0 Å². The zero-order valence-electron chi connectivity index (χ0n) is 11.6. The van der Waals surface area contributed by atoms with Gasteiger partial charge in [0.15, 0.2) is 0 Å². The minimum atomic E-state index is 0.696. The third-order valence-electron chi connectivity index (χ3n) is 2.75. The van der Waals surface area contributed by atoms with Crippen molar-refractivity contribution >= 4 is 5.82 Å². The maximum atomic E-state index is 4.52. The van der Waals surface area contributed by atoms with Crippen LogP contribution in [0.25, 0.3) is 0 Å². The molecule has 0 fully saturated rings. The maximum absolute atomic E-state index is 4.52. The number of nitrogens with one attached hydrogen (secondary N) is 1. The smallest absolute Gasteiger partial charge is 0.147 e. The molecule has 0 unspecified atom stereocenters. The Bertz CT molecular complexity index is 349. The molecule has 96 valence electrons. The van der Waals surface area contributed by atoms with Gasteiger partial charge in [-0.3, -0.25) is 4.98 Å². The molecule has 1 heterocycles. The molecule has 1 aromatic heterocycles. The van der Waals surface area contributed by atoms with Crippen molar-refractivity contribution in [1.29, 1.82) is 0 Å². The fourth-order valence-electron chi connectivity index (χ4n) is 1.47. The molecule has 0 aliphatic carbocycles. The average Bonchev–Trinajstić information content (AvgIpc) is 2.27. The molecule has 0 bridgehead atoms. The number of nitrogens with zero attached hydrogens (tertiary/aromatic N) is 3. The lowest BCUT2D eigenvalue weighted by molar-refractivity contribution is 0.553. The summed E-state index contributed by atoms with van der Waals surface area (Å²) in [5.41, 5.74) is 2.00. The Morgan fingerprint density at radius 3 is 2.59 bits per heavy atom. The highest BCUT2D eigenvalue weighted by Crippen LogP contribution is 2.09. The van der Waals surface area contributed by atoms with Crippen molar-refractivity contribution in [2.24, 2.45) is 5.92 Å². The quantitative estimate of drug-likeness (QED) is 0.764. The van der Waals surface area contributed by atoms with Gasteiger partial charge in [-0.1, -0.05) is 13.8 Å². The van der Waals surface area contributed by atoms with Crippen LogP contribution in [0.3, 0.4) is 0 Å². The van der Waals surface area contributed by atoms with Gasteiger partial charge >= 0.3 is 0 Å². The molecular formula is C13H24N4. The number of rotatable bonds is 6. The molecule has 0 saturated carbocycles. The zero-order valence-corrected chi connectivity index (χ0v) is 11.6. The molecule has 0 atom stereocenters. The summed E-state index contributed by atoms with van der Waals surface area (Å²) in [6.07, 6.45) is 1.84. The Balaban J connectivity index is 2.41. The Hall–Kier alpha value is -1.16. The second-order valence-corrected chi connectivity index (χ2v) is 4.92. The minimum absolute atomic E-state index is 0.696. The number of aryl methyl sites for hydroxylation is 2. The molecule has 0 radical (unpaired) electrons. The summed E-state index contributed by atoms with van der Waals surface area (Å²) in [4.78, 5) is 11.0. The van der Waals surface area contributed by atoms with Crippen LogP contribution < -0.4 is 10.2 Å². The Kier molecular flexibility index (Phi) is 5.35. The average molecular weight is 236 g/mol. The van der Waals surface area contributed by atoms with E-state index in [9.17, 15) is 0 Å². The van der Waals surface area contributed by atoms with Crippen LogP contribution in [0.2, 0.25) is 0 Å². The van der Waals surface area contributed by atoms with Gasteiger partial charge in [0.2, 0.25) is 0 Å². The van der Waals surface area contributed by atoms with Crippen molar-refractivity contribution in [2.75, 3.05) is 31.6 Å². The van der Waals surface area contributed by atoms with Crippen molar-refractivity contribution in [3.8, 4) is 0 Å². The molecule has 1 rings (SSSR count). The van der Waals surface area contributed by atoms with E-state index in [-0.39, 0.29) is 0 Å². The van der Waals surface area contributed by atoms with E-state index >= 15 is 0 Å². The van der Waals surface area contributed by atoms with Crippen LogP contribution in [0.5, 0.6) is 0 Å². The van der Waals surface area contributed by atoms with Crippen molar-refractivity contribution < 1.29 is 0 Å². The fourth-order valence-corrected chi connectivity index (χ4v) is 1.47. The van der Waals surface area contributed by atoms with Crippen LogP contribution in [-0.4, -0.2) is 36.6 Å². The van der Waals surface area contributed by atoms with Crippen LogP contribution in [0.4, 0.5) is 5.82 Å². The Labute approximate surface area is 104 Å². The van der Waals surface area contributed by atoms with Gasteiger partial charge in [-0.05, 0) is 26.3 Å². The van der Waals surface area contributed by atoms with Gasteiger partial charge in [-0.15, -0.1) is 0 Å². The molecule has 0 aliphatic rings. The highest BCUT2D eigenvalue weighted by Gasteiger charge is 2.04. The summed E-state index contributed by atoms with van der Waals surface area (Å²) in [5, 5.41) is 3.42. The first-order valence-corrected chi connectivity index (χ1v) is 6.22. The normalized spacial score (nSPS) is 10.9. The monoisotopic (exact) mass is 236 g/mol. The van der Waals surface area contributed by atoms with Crippen LogP contribution in [0, 0.1) is 19.8 Å². The lowest BCUT2D eigenvalue weighted by Crippen LogP contribution is -2.31. The van der Waals surface area contributed by atoms with E-state index in [1.165, 1.54) is 0 Å². The number of aromatic nitrogens is 2. The zero-order chi connectivity index (χ0) is 12.8. The summed E-state index contributed by atoms with van der Waals surface area (Å²) in [7, 11) is 2.05. The maximum Gasteiger partial charge on any atom is 0.147 e. The Morgan fingerprint density at radius 2 is 2.00 bits per heavy atom. The van der Waals surface area contributed by atoms with E-state index in [2.05, 4.69) is 41.1 Å². The minimum Gasteiger partial charge on any atom is -0.357 e. The predicted molar refractivity (Wildman–Crippen MR) is 72.5 cm³/mol. The summed E-state index contributed by atoms with van der Waals surface area (Å²) in [5.74, 6) is 1.64. The highest BCUT2D eigenvalue weighted by molar-refractivity contribution is 5.36. The molecule has 0 saturated heterocycles. The number of likely N-dealkylation sites (N-methyl/N-ethyl adjacent to an activating group) is 1. The van der Waals surface area contributed by atoms with Crippen LogP contribution in [-0.2, 0) is 0 Å². The second kappa shape index (κ2) is 6.55. The SMILES string of the molecule is Cc1ncc(N(C)CCNCC(C)C)nc1C.